The van der Waals surface area contributed by atoms with Gasteiger partial charge in [-0.2, -0.15) is 0 Å². The molecule has 0 aliphatic carbocycles. The van der Waals surface area contributed by atoms with E-state index in [1.165, 1.54) is 0 Å². The van der Waals surface area contributed by atoms with Gasteiger partial charge in [0.1, 0.15) is 12.4 Å². The minimum atomic E-state index is -0.216. The Hall–Kier alpha value is -2.99. The van der Waals surface area contributed by atoms with E-state index in [1.807, 2.05) is 36.6 Å². The highest BCUT2D eigenvalue weighted by atomic mass is 32.1. The van der Waals surface area contributed by atoms with Crippen LogP contribution < -0.4 is 19.5 Å². The molecule has 3 rings (SSSR count). The number of nitrogens with one attached hydrogen (secondary N) is 1. The van der Waals surface area contributed by atoms with Crippen LogP contribution in [0.2, 0.25) is 0 Å². The maximum atomic E-state index is 12.7. The second-order valence-electron chi connectivity index (χ2n) is 5.87. The number of benzene rings is 2. The molecule has 6 heteroatoms. The van der Waals surface area contributed by atoms with Crippen LogP contribution >= 0.6 is 11.3 Å². The maximum absolute atomic E-state index is 12.7. The van der Waals surface area contributed by atoms with Crippen LogP contribution in [0.5, 0.6) is 17.2 Å². The van der Waals surface area contributed by atoms with E-state index in [4.69, 9.17) is 14.2 Å². The van der Waals surface area contributed by atoms with E-state index in [-0.39, 0.29) is 5.91 Å². The van der Waals surface area contributed by atoms with Gasteiger partial charge in [-0.15, -0.1) is 11.3 Å². The number of hydrogen-bond donors (Lipinski definition) is 1. The first-order valence-corrected chi connectivity index (χ1v) is 9.28. The van der Waals surface area contributed by atoms with Crippen molar-refractivity contribution in [3.8, 4) is 17.2 Å². The molecule has 5 nitrogen and oxygen atoms in total. The van der Waals surface area contributed by atoms with Crippen molar-refractivity contribution in [2.45, 2.75) is 13.5 Å². The van der Waals surface area contributed by atoms with Gasteiger partial charge in [0.15, 0.2) is 11.5 Å². The lowest BCUT2D eigenvalue weighted by Crippen LogP contribution is -2.13. The zero-order valence-corrected chi connectivity index (χ0v) is 16.3. The van der Waals surface area contributed by atoms with Crippen LogP contribution in [0.4, 0.5) is 5.69 Å². The van der Waals surface area contributed by atoms with Crippen molar-refractivity contribution in [3.05, 3.63) is 69.9 Å². The maximum Gasteiger partial charge on any atom is 0.255 e. The topological polar surface area (TPSA) is 56.8 Å². The van der Waals surface area contributed by atoms with Gasteiger partial charge in [-0.05, 0) is 48.2 Å². The van der Waals surface area contributed by atoms with Crippen molar-refractivity contribution in [2.75, 3.05) is 19.5 Å². The lowest BCUT2D eigenvalue weighted by molar-refractivity contribution is 0.102. The highest BCUT2D eigenvalue weighted by molar-refractivity contribution is 7.09. The van der Waals surface area contributed by atoms with Gasteiger partial charge < -0.3 is 19.5 Å². The molecule has 0 spiro atoms. The van der Waals surface area contributed by atoms with Crippen molar-refractivity contribution in [1.29, 1.82) is 0 Å². The Labute approximate surface area is 162 Å². The molecule has 2 aromatic carbocycles. The number of thiophene rings is 1. The standard InChI is InChI=1S/C21H21NO4S/c1-14-10-19(24-2)20(25-3)12-18(14)22-21(23)15-6-4-7-16(11-15)26-13-17-8-5-9-27-17/h4-12H,13H2,1-3H3,(H,22,23). The molecular weight excluding hydrogens is 362 g/mol. The van der Waals surface area contributed by atoms with Gasteiger partial charge >= 0.3 is 0 Å². The Morgan fingerprint density at radius 2 is 1.81 bits per heavy atom. The fourth-order valence-corrected chi connectivity index (χ4v) is 3.20. The summed E-state index contributed by atoms with van der Waals surface area (Å²) in [6, 6.07) is 14.7. The fourth-order valence-electron chi connectivity index (χ4n) is 2.59. The molecule has 140 valence electrons. The number of methoxy groups -OCH3 is 2. The number of ether oxygens (including phenoxy) is 3. The molecule has 0 bridgehead atoms. The summed E-state index contributed by atoms with van der Waals surface area (Å²) in [7, 11) is 3.14. The second-order valence-corrected chi connectivity index (χ2v) is 6.90. The minimum Gasteiger partial charge on any atom is -0.493 e. The van der Waals surface area contributed by atoms with Gasteiger partial charge in [-0.3, -0.25) is 4.79 Å². The number of anilines is 1. The van der Waals surface area contributed by atoms with Crippen molar-refractivity contribution < 1.29 is 19.0 Å². The number of carbonyl (C=O) groups is 1. The monoisotopic (exact) mass is 383 g/mol. The summed E-state index contributed by atoms with van der Waals surface area (Å²) in [6.45, 7) is 2.38. The predicted octanol–water partition coefficient (Wildman–Crippen LogP) is 4.91. The summed E-state index contributed by atoms with van der Waals surface area (Å²) in [6.07, 6.45) is 0. The van der Waals surface area contributed by atoms with Crippen molar-refractivity contribution in [3.63, 3.8) is 0 Å². The molecule has 0 aliphatic rings. The van der Waals surface area contributed by atoms with Crippen LogP contribution in [-0.4, -0.2) is 20.1 Å². The van der Waals surface area contributed by atoms with E-state index in [0.29, 0.717) is 35.1 Å². The molecule has 0 unspecified atom stereocenters. The van der Waals surface area contributed by atoms with Gasteiger partial charge in [-0.1, -0.05) is 12.1 Å². The largest absolute Gasteiger partial charge is 0.493 e. The third-order valence-electron chi connectivity index (χ3n) is 4.04. The molecule has 3 aromatic rings. The Balaban J connectivity index is 1.73. The lowest BCUT2D eigenvalue weighted by atomic mass is 10.1. The quantitative estimate of drug-likeness (QED) is 0.630. The van der Waals surface area contributed by atoms with Crippen LogP contribution in [0.25, 0.3) is 0 Å². The van der Waals surface area contributed by atoms with E-state index in [2.05, 4.69) is 5.32 Å². The van der Waals surface area contributed by atoms with Crippen LogP contribution in [0.1, 0.15) is 20.8 Å². The normalized spacial score (nSPS) is 10.3. The summed E-state index contributed by atoms with van der Waals surface area (Å²) in [5.74, 6) is 1.62. The van der Waals surface area contributed by atoms with Gasteiger partial charge in [-0.25, -0.2) is 0 Å². The minimum absolute atomic E-state index is 0.216. The molecule has 0 saturated heterocycles. The fraction of sp³-hybridized carbons (Fsp3) is 0.190. The van der Waals surface area contributed by atoms with Crippen molar-refractivity contribution in [1.82, 2.24) is 0 Å². The average Bonchev–Trinajstić information content (AvgIpc) is 3.21. The Morgan fingerprint density at radius 1 is 1.04 bits per heavy atom. The molecule has 0 aliphatic heterocycles. The van der Waals surface area contributed by atoms with Crippen LogP contribution in [0, 0.1) is 6.92 Å². The Morgan fingerprint density at radius 3 is 2.52 bits per heavy atom. The molecular formula is C21H21NO4S. The van der Waals surface area contributed by atoms with E-state index in [1.54, 1.807) is 49.8 Å². The third-order valence-corrected chi connectivity index (χ3v) is 4.89. The summed E-state index contributed by atoms with van der Waals surface area (Å²) < 4.78 is 16.4. The first-order chi connectivity index (χ1) is 13.1. The van der Waals surface area contributed by atoms with Crippen molar-refractivity contribution in [2.24, 2.45) is 0 Å². The molecule has 0 fully saturated rings. The highest BCUT2D eigenvalue weighted by Gasteiger charge is 2.13. The van der Waals surface area contributed by atoms with Crippen LogP contribution in [0.15, 0.2) is 53.9 Å². The SMILES string of the molecule is COc1cc(C)c(NC(=O)c2cccc(OCc3cccs3)c2)cc1OC. The van der Waals surface area contributed by atoms with Gasteiger partial charge in [0.05, 0.1) is 14.2 Å². The summed E-state index contributed by atoms with van der Waals surface area (Å²) in [5.41, 5.74) is 2.07. The molecule has 1 heterocycles. The van der Waals surface area contributed by atoms with Gasteiger partial charge in [0, 0.05) is 22.2 Å². The smallest absolute Gasteiger partial charge is 0.255 e. The molecule has 0 radical (unpaired) electrons. The molecule has 1 amide bonds. The molecule has 27 heavy (non-hydrogen) atoms. The first-order valence-electron chi connectivity index (χ1n) is 8.40. The number of aryl methyl sites for hydroxylation is 1. The molecule has 1 N–H and O–H groups in total. The molecule has 1 aromatic heterocycles. The zero-order chi connectivity index (χ0) is 19.2. The number of rotatable bonds is 7. The van der Waals surface area contributed by atoms with Gasteiger partial charge in [0.2, 0.25) is 0 Å². The number of carbonyl (C=O) groups excluding carboxylic acids is 1. The third kappa shape index (κ3) is 4.60. The number of hydrogen-bond acceptors (Lipinski definition) is 5. The van der Waals surface area contributed by atoms with Crippen molar-refractivity contribution >= 4 is 22.9 Å². The highest BCUT2D eigenvalue weighted by Crippen LogP contribution is 2.33. The van der Waals surface area contributed by atoms with E-state index >= 15 is 0 Å². The predicted molar refractivity (Wildman–Crippen MR) is 107 cm³/mol. The van der Waals surface area contributed by atoms with Crippen LogP contribution in [-0.2, 0) is 6.61 Å². The van der Waals surface area contributed by atoms with E-state index < -0.39 is 0 Å². The zero-order valence-electron chi connectivity index (χ0n) is 15.4. The first kappa shape index (κ1) is 18.8. The lowest BCUT2D eigenvalue weighted by Gasteiger charge is -2.14. The number of amides is 1. The van der Waals surface area contributed by atoms with Crippen LogP contribution in [0.3, 0.4) is 0 Å². The van der Waals surface area contributed by atoms with Gasteiger partial charge in [0.25, 0.3) is 5.91 Å². The second kappa shape index (κ2) is 8.60. The van der Waals surface area contributed by atoms with E-state index in [9.17, 15) is 4.79 Å². The average molecular weight is 383 g/mol. The molecule has 0 atom stereocenters. The summed E-state index contributed by atoms with van der Waals surface area (Å²) in [4.78, 5) is 13.8. The summed E-state index contributed by atoms with van der Waals surface area (Å²) in [5, 5.41) is 4.93. The Bertz CT molecular complexity index is 922. The Kier molecular flexibility index (Phi) is 5.98. The molecule has 0 saturated carbocycles. The summed E-state index contributed by atoms with van der Waals surface area (Å²) >= 11 is 1.64. The van der Waals surface area contributed by atoms with E-state index in [0.717, 1.165) is 10.4 Å².